The average molecular weight is 339 g/mol. The van der Waals surface area contributed by atoms with E-state index in [0.29, 0.717) is 11.6 Å². The van der Waals surface area contributed by atoms with E-state index in [1.165, 1.54) is 0 Å². The molecule has 1 heterocycles. The summed E-state index contributed by atoms with van der Waals surface area (Å²) in [4.78, 5) is 16.3. The first-order valence-electron chi connectivity index (χ1n) is 8.21. The van der Waals surface area contributed by atoms with Gasteiger partial charge in [0.1, 0.15) is 0 Å². The number of aryl methyl sites for hydroxylation is 1. The third-order valence-corrected chi connectivity index (χ3v) is 5.18. The van der Waals surface area contributed by atoms with E-state index in [2.05, 4.69) is 29.4 Å². The van der Waals surface area contributed by atoms with Crippen LogP contribution in [0.25, 0.3) is 10.9 Å². The molecule has 4 rings (SSSR count). The van der Waals surface area contributed by atoms with Gasteiger partial charge in [0.25, 0.3) is 0 Å². The number of rotatable bonds is 4. The van der Waals surface area contributed by atoms with Crippen LogP contribution in [0.4, 0.5) is 0 Å². The SMILES string of the molecule is Cc1[nH]c2ccccc2c1C1(C(=O)NCc2ccc(Cl)cc2)CC1. The molecule has 2 N–H and O–H groups in total. The molecule has 1 amide bonds. The number of aromatic amines is 1. The highest BCUT2D eigenvalue weighted by molar-refractivity contribution is 6.30. The monoisotopic (exact) mass is 338 g/mol. The standard InChI is InChI=1S/C20H19ClN2O/c1-13-18(16-4-2-3-5-17(16)23-13)20(10-11-20)19(24)22-12-14-6-8-15(21)9-7-14/h2-9,23H,10-12H2,1H3,(H,22,24). The number of para-hydroxylation sites is 1. The van der Waals surface area contributed by atoms with Crippen LogP contribution >= 0.6 is 11.6 Å². The Kier molecular flexibility index (Phi) is 3.61. The van der Waals surface area contributed by atoms with E-state index < -0.39 is 0 Å². The number of benzene rings is 2. The van der Waals surface area contributed by atoms with Crippen LogP contribution in [0, 0.1) is 6.92 Å². The summed E-state index contributed by atoms with van der Waals surface area (Å²) in [6.07, 6.45) is 1.81. The Labute approximate surface area is 146 Å². The quantitative estimate of drug-likeness (QED) is 0.724. The highest BCUT2D eigenvalue weighted by Crippen LogP contribution is 2.52. The fourth-order valence-corrected chi connectivity index (χ4v) is 3.69. The van der Waals surface area contributed by atoms with E-state index in [0.717, 1.165) is 40.6 Å². The smallest absolute Gasteiger partial charge is 0.231 e. The molecule has 0 spiro atoms. The Morgan fingerprint density at radius 3 is 2.58 bits per heavy atom. The number of amides is 1. The normalized spacial score (nSPS) is 15.4. The van der Waals surface area contributed by atoms with E-state index in [1.54, 1.807) is 0 Å². The molecule has 0 saturated heterocycles. The molecule has 24 heavy (non-hydrogen) atoms. The van der Waals surface area contributed by atoms with Crippen LogP contribution in [0.3, 0.4) is 0 Å². The van der Waals surface area contributed by atoms with E-state index in [9.17, 15) is 4.79 Å². The summed E-state index contributed by atoms with van der Waals surface area (Å²) in [7, 11) is 0. The number of halogens is 1. The molecule has 1 aromatic heterocycles. The fourth-order valence-electron chi connectivity index (χ4n) is 3.56. The van der Waals surface area contributed by atoms with Crippen molar-refractivity contribution in [3.05, 3.63) is 70.4 Å². The van der Waals surface area contributed by atoms with Crippen LogP contribution in [-0.2, 0) is 16.8 Å². The summed E-state index contributed by atoms with van der Waals surface area (Å²) in [5.74, 6) is 0.116. The molecule has 1 saturated carbocycles. The zero-order valence-electron chi connectivity index (χ0n) is 13.5. The lowest BCUT2D eigenvalue weighted by molar-refractivity contribution is -0.123. The lowest BCUT2D eigenvalue weighted by Crippen LogP contribution is -2.34. The second-order valence-electron chi connectivity index (χ2n) is 6.56. The van der Waals surface area contributed by atoms with Crippen LogP contribution in [-0.4, -0.2) is 10.9 Å². The minimum absolute atomic E-state index is 0.116. The van der Waals surface area contributed by atoms with Crippen LogP contribution in [0.1, 0.15) is 29.7 Å². The summed E-state index contributed by atoms with van der Waals surface area (Å²) >= 11 is 5.91. The van der Waals surface area contributed by atoms with Crippen molar-refractivity contribution < 1.29 is 4.79 Å². The third-order valence-electron chi connectivity index (χ3n) is 4.92. The molecule has 0 radical (unpaired) electrons. The first-order valence-corrected chi connectivity index (χ1v) is 8.58. The number of carbonyl (C=O) groups excluding carboxylic acids is 1. The molecule has 0 atom stereocenters. The van der Waals surface area contributed by atoms with Crippen LogP contribution in [0.5, 0.6) is 0 Å². The molecular weight excluding hydrogens is 320 g/mol. The molecule has 3 aromatic rings. The van der Waals surface area contributed by atoms with Crippen LogP contribution in [0.2, 0.25) is 5.02 Å². The molecule has 1 fully saturated rings. The molecule has 0 unspecified atom stereocenters. The van der Waals surface area contributed by atoms with Gasteiger partial charge in [-0.3, -0.25) is 4.79 Å². The predicted octanol–water partition coefficient (Wildman–Crippen LogP) is 4.48. The van der Waals surface area contributed by atoms with E-state index >= 15 is 0 Å². The van der Waals surface area contributed by atoms with Gasteiger partial charge in [-0.05, 0) is 49.1 Å². The second-order valence-corrected chi connectivity index (χ2v) is 7.00. The molecular formula is C20H19ClN2O. The number of carbonyl (C=O) groups is 1. The van der Waals surface area contributed by atoms with Crippen LogP contribution < -0.4 is 5.32 Å². The Hall–Kier alpha value is -2.26. The van der Waals surface area contributed by atoms with Crippen molar-refractivity contribution in [1.82, 2.24) is 10.3 Å². The third kappa shape index (κ3) is 2.49. The molecule has 0 bridgehead atoms. The van der Waals surface area contributed by atoms with Gasteiger partial charge in [-0.25, -0.2) is 0 Å². The van der Waals surface area contributed by atoms with E-state index in [1.807, 2.05) is 36.4 Å². The number of aromatic nitrogens is 1. The minimum Gasteiger partial charge on any atom is -0.358 e. The zero-order valence-corrected chi connectivity index (χ0v) is 14.3. The number of nitrogens with one attached hydrogen (secondary N) is 2. The molecule has 1 aliphatic carbocycles. The van der Waals surface area contributed by atoms with E-state index in [-0.39, 0.29) is 11.3 Å². The molecule has 4 heteroatoms. The highest BCUT2D eigenvalue weighted by Gasteiger charge is 2.53. The van der Waals surface area contributed by atoms with Gasteiger partial charge < -0.3 is 10.3 Å². The average Bonchev–Trinajstić information content (AvgIpc) is 3.31. The Balaban J connectivity index is 1.59. The van der Waals surface area contributed by atoms with Gasteiger partial charge in [0, 0.05) is 28.2 Å². The van der Waals surface area contributed by atoms with Gasteiger partial charge in [-0.1, -0.05) is 41.9 Å². The summed E-state index contributed by atoms with van der Waals surface area (Å²) in [6.45, 7) is 2.58. The van der Waals surface area contributed by atoms with Gasteiger partial charge in [-0.15, -0.1) is 0 Å². The first kappa shape index (κ1) is 15.3. The highest BCUT2D eigenvalue weighted by atomic mass is 35.5. The minimum atomic E-state index is -0.379. The van der Waals surface area contributed by atoms with Gasteiger partial charge in [0.15, 0.2) is 0 Å². The van der Waals surface area contributed by atoms with Crippen molar-refractivity contribution in [3.8, 4) is 0 Å². The van der Waals surface area contributed by atoms with Crippen LogP contribution in [0.15, 0.2) is 48.5 Å². The molecule has 122 valence electrons. The lowest BCUT2D eigenvalue weighted by atomic mass is 9.92. The zero-order chi connectivity index (χ0) is 16.7. The number of fused-ring (bicyclic) bond motifs is 1. The Morgan fingerprint density at radius 2 is 1.88 bits per heavy atom. The number of hydrogen-bond donors (Lipinski definition) is 2. The van der Waals surface area contributed by atoms with Crippen molar-refractivity contribution in [2.75, 3.05) is 0 Å². The summed E-state index contributed by atoms with van der Waals surface area (Å²) in [5, 5.41) is 4.97. The number of hydrogen-bond acceptors (Lipinski definition) is 1. The summed E-state index contributed by atoms with van der Waals surface area (Å²) in [6, 6.07) is 15.8. The largest absolute Gasteiger partial charge is 0.358 e. The van der Waals surface area contributed by atoms with Crippen molar-refractivity contribution in [2.45, 2.75) is 31.7 Å². The van der Waals surface area contributed by atoms with Crippen molar-refractivity contribution in [1.29, 1.82) is 0 Å². The molecule has 3 nitrogen and oxygen atoms in total. The van der Waals surface area contributed by atoms with Crippen molar-refractivity contribution in [2.24, 2.45) is 0 Å². The van der Waals surface area contributed by atoms with Gasteiger partial charge >= 0.3 is 0 Å². The van der Waals surface area contributed by atoms with Gasteiger partial charge in [-0.2, -0.15) is 0 Å². The molecule has 2 aromatic carbocycles. The lowest BCUT2D eigenvalue weighted by Gasteiger charge is -2.16. The summed E-state index contributed by atoms with van der Waals surface area (Å²) < 4.78 is 0. The van der Waals surface area contributed by atoms with E-state index in [4.69, 9.17) is 11.6 Å². The summed E-state index contributed by atoms with van der Waals surface area (Å²) in [5.41, 5.74) is 4.03. The van der Waals surface area contributed by atoms with Gasteiger partial charge in [0.05, 0.1) is 5.41 Å². The number of H-pyrrole nitrogens is 1. The molecule has 0 aliphatic heterocycles. The van der Waals surface area contributed by atoms with Crippen molar-refractivity contribution in [3.63, 3.8) is 0 Å². The maximum atomic E-state index is 12.9. The Morgan fingerprint density at radius 1 is 1.17 bits per heavy atom. The van der Waals surface area contributed by atoms with Crippen molar-refractivity contribution >= 4 is 28.4 Å². The second kappa shape index (κ2) is 5.67. The molecule has 1 aliphatic rings. The maximum Gasteiger partial charge on any atom is 0.231 e. The maximum absolute atomic E-state index is 12.9. The predicted molar refractivity (Wildman–Crippen MR) is 97.2 cm³/mol. The Bertz CT molecular complexity index is 907. The first-order chi connectivity index (χ1) is 11.6. The fraction of sp³-hybridized carbons (Fsp3) is 0.250. The topological polar surface area (TPSA) is 44.9 Å². The van der Waals surface area contributed by atoms with Gasteiger partial charge in [0.2, 0.25) is 5.91 Å².